The number of hydrogen-bond acceptors (Lipinski definition) is 1. The fourth-order valence-electron chi connectivity index (χ4n) is 14.4. The van der Waals surface area contributed by atoms with E-state index in [2.05, 4.69) is 292 Å². The lowest BCUT2D eigenvalue weighted by Crippen LogP contribution is -2.27. The number of hydrogen-bond donors (Lipinski definition) is 0. The molecule has 0 N–H and O–H groups in total. The zero-order valence-corrected chi connectivity index (χ0v) is 49.2. The molecule has 9 aromatic rings. The van der Waals surface area contributed by atoms with Gasteiger partial charge in [-0.1, -0.05) is 256 Å². The van der Waals surface area contributed by atoms with Gasteiger partial charge in [-0.25, -0.2) is 0 Å². The molecule has 390 valence electrons. The molecule has 0 bridgehead atoms. The van der Waals surface area contributed by atoms with Crippen molar-refractivity contribution in [2.45, 2.75) is 149 Å². The molecule has 4 aliphatic rings. The fourth-order valence-corrected chi connectivity index (χ4v) is 14.4. The molecule has 1 atom stereocenters. The summed E-state index contributed by atoms with van der Waals surface area (Å²) in [5.41, 5.74) is 31.8. The average molecular weight is 1020 g/mol. The Bertz CT molecular complexity index is 3870. The third-order valence-electron chi connectivity index (χ3n) is 18.9. The summed E-state index contributed by atoms with van der Waals surface area (Å²) in [7, 11) is 0. The van der Waals surface area contributed by atoms with E-state index in [4.69, 9.17) is 0 Å². The maximum atomic E-state index is 2.66. The minimum absolute atomic E-state index is 0.0253. The van der Waals surface area contributed by atoms with Gasteiger partial charge in [0.1, 0.15) is 0 Å². The smallest absolute Gasteiger partial charge is 0.0726 e. The van der Waals surface area contributed by atoms with Crippen molar-refractivity contribution in [1.29, 1.82) is 0 Å². The van der Waals surface area contributed by atoms with E-state index in [1.807, 2.05) is 0 Å². The Kier molecular flexibility index (Phi) is 10.6. The number of anilines is 3. The highest BCUT2D eigenvalue weighted by molar-refractivity contribution is 6.04. The lowest BCUT2D eigenvalue weighted by atomic mass is 9.68. The molecule has 1 unspecified atom stereocenters. The number of rotatable bonds is 4. The van der Waals surface area contributed by atoms with Crippen molar-refractivity contribution in [3.05, 3.63) is 243 Å². The Balaban J connectivity index is 1.16. The van der Waals surface area contributed by atoms with Gasteiger partial charge in [-0.2, -0.15) is 0 Å². The topological polar surface area (TPSA) is 3.24 Å². The Morgan fingerprint density at radius 2 is 0.692 bits per heavy atom. The summed E-state index contributed by atoms with van der Waals surface area (Å²) in [6.07, 6.45) is 0. The Morgan fingerprint density at radius 1 is 0.282 bits per heavy atom. The van der Waals surface area contributed by atoms with E-state index in [1.165, 1.54) is 139 Å². The molecule has 13 rings (SSSR count). The molecule has 1 spiro atoms. The molecule has 1 nitrogen and oxygen atoms in total. The lowest BCUT2D eigenvalue weighted by Gasteiger charge is -2.35. The van der Waals surface area contributed by atoms with Gasteiger partial charge in [0.15, 0.2) is 0 Å². The molecule has 0 saturated carbocycles. The normalized spacial score (nSPS) is 17.0. The van der Waals surface area contributed by atoms with Gasteiger partial charge in [0, 0.05) is 27.8 Å². The van der Waals surface area contributed by atoms with Crippen LogP contribution >= 0.6 is 0 Å². The van der Waals surface area contributed by atoms with Gasteiger partial charge in [-0.05, 0) is 169 Å². The first-order valence-corrected chi connectivity index (χ1v) is 28.7. The van der Waals surface area contributed by atoms with Gasteiger partial charge in [0.25, 0.3) is 0 Å². The molecule has 0 aliphatic heterocycles. The molecule has 0 saturated heterocycles. The van der Waals surface area contributed by atoms with E-state index < -0.39 is 5.41 Å². The molecule has 0 aromatic heterocycles. The van der Waals surface area contributed by atoms with E-state index in [-0.39, 0.29) is 32.5 Å². The minimum atomic E-state index is -0.618. The second-order valence-electron chi connectivity index (χ2n) is 28.6. The van der Waals surface area contributed by atoms with E-state index >= 15 is 0 Å². The number of nitrogens with zero attached hydrogens (tertiary/aromatic N) is 1. The zero-order chi connectivity index (χ0) is 55.0. The van der Waals surface area contributed by atoms with E-state index in [1.54, 1.807) is 0 Å². The largest absolute Gasteiger partial charge is 0.310 e. The molecular formula is C77H77N. The molecule has 0 amide bonds. The van der Waals surface area contributed by atoms with Crippen molar-refractivity contribution in [2.24, 2.45) is 0 Å². The third-order valence-corrected chi connectivity index (χ3v) is 18.9. The Hall–Kier alpha value is -7.22. The minimum Gasteiger partial charge on any atom is -0.310 e. The monoisotopic (exact) mass is 1020 g/mol. The summed E-state index contributed by atoms with van der Waals surface area (Å²) in [4.78, 5) is 2.66. The summed E-state index contributed by atoms with van der Waals surface area (Å²) in [6.45, 7) is 38.1. The van der Waals surface area contributed by atoms with Crippen molar-refractivity contribution in [1.82, 2.24) is 0 Å². The summed E-state index contributed by atoms with van der Waals surface area (Å²) in [5.74, 6) is 0. The quantitative estimate of drug-likeness (QED) is 0.170. The second kappa shape index (κ2) is 16.4. The molecule has 78 heavy (non-hydrogen) atoms. The van der Waals surface area contributed by atoms with Crippen LogP contribution in [0.25, 0.3) is 55.6 Å². The first-order chi connectivity index (χ1) is 36.7. The van der Waals surface area contributed by atoms with Crippen molar-refractivity contribution in [3.8, 4) is 55.6 Å². The van der Waals surface area contributed by atoms with Crippen LogP contribution in [0.1, 0.15) is 178 Å². The molecule has 9 aromatic carbocycles. The predicted octanol–water partition coefficient (Wildman–Crippen LogP) is 21.0. The summed E-state index contributed by atoms with van der Waals surface area (Å²) < 4.78 is 0. The maximum absolute atomic E-state index is 2.66. The highest BCUT2D eigenvalue weighted by Crippen LogP contribution is 2.67. The van der Waals surface area contributed by atoms with Crippen molar-refractivity contribution < 1.29 is 0 Å². The molecule has 0 fully saturated rings. The van der Waals surface area contributed by atoms with Crippen LogP contribution in [0.2, 0.25) is 0 Å². The van der Waals surface area contributed by atoms with Crippen LogP contribution < -0.4 is 4.90 Å². The van der Waals surface area contributed by atoms with E-state index in [0.717, 1.165) is 0 Å². The van der Waals surface area contributed by atoms with E-state index in [0.29, 0.717) is 0 Å². The van der Waals surface area contributed by atoms with Gasteiger partial charge in [0.05, 0.1) is 11.1 Å². The average Bonchev–Trinajstić information content (AvgIpc) is 2.75. The van der Waals surface area contributed by atoms with Crippen LogP contribution in [0.3, 0.4) is 0 Å². The zero-order valence-electron chi connectivity index (χ0n) is 49.2. The molecule has 4 aliphatic carbocycles. The lowest BCUT2D eigenvalue weighted by molar-refractivity contribution is 0.569. The number of benzene rings is 9. The van der Waals surface area contributed by atoms with Gasteiger partial charge in [0.2, 0.25) is 0 Å². The van der Waals surface area contributed by atoms with Gasteiger partial charge in [-0.15, -0.1) is 0 Å². The first kappa shape index (κ1) is 50.3. The maximum Gasteiger partial charge on any atom is 0.0726 e. The fraction of sp³-hybridized carbons (Fsp3) is 0.299. The van der Waals surface area contributed by atoms with Gasteiger partial charge >= 0.3 is 0 Å². The molecule has 0 radical (unpaired) electrons. The van der Waals surface area contributed by atoms with Gasteiger partial charge in [-0.3, -0.25) is 0 Å². The number of fused-ring (bicyclic) bond motifs is 16. The van der Waals surface area contributed by atoms with Crippen molar-refractivity contribution in [3.63, 3.8) is 0 Å². The van der Waals surface area contributed by atoms with Crippen LogP contribution in [-0.4, -0.2) is 0 Å². The molecule has 0 heterocycles. The Morgan fingerprint density at radius 3 is 1.22 bits per heavy atom. The van der Waals surface area contributed by atoms with Crippen molar-refractivity contribution in [2.75, 3.05) is 4.90 Å². The Labute approximate surface area is 466 Å². The summed E-state index contributed by atoms with van der Waals surface area (Å²) >= 11 is 0. The predicted molar refractivity (Wildman–Crippen MR) is 333 cm³/mol. The van der Waals surface area contributed by atoms with Gasteiger partial charge < -0.3 is 4.90 Å². The van der Waals surface area contributed by atoms with Crippen LogP contribution in [0.15, 0.2) is 176 Å². The molecule has 1 heteroatoms. The highest BCUT2D eigenvalue weighted by atomic mass is 15.1. The van der Waals surface area contributed by atoms with Crippen LogP contribution in [0.5, 0.6) is 0 Å². The standard InChI is InChI=1S/C77H77N/c1-71(2,3)47-32-35-59-66(41-47)77(62-30-22-19-26-58(62)69-53(27-23-31-63(69)77)46-38-48(72(4,5)6)40-49(39-46)73(7,8)9)67-42-50(74(10,11)12)43-68(70(59)67)78(51-33-36-56-54-24-17-20-28-60(54)75(13,14)64(56)44-51)52-34-37-57-55-25-18-21-29-61(55)76(15,16)65(57)45-52/h17-45H,1-16H3. The second-order valence-corrected chi connectivity index (χ2v) is 28.6. The molecular weight excluding hydrogens is 939 g/mol. The van der Waals surface area contributed by atoms with E-state index in [9.17, 15) is 0 Å². The summed E-state index contributed by atoms with van der Waals surface area (Å²) in [6, 6.07) is 69.8. The highest BCUT2D eigenvalue weighted by Gasteiger charge is 2.54. The van der Waals surface area contributed by atoms with Crippen LogP contribution in [0, 0.1) is 0 Å². The third kappa shape index (κ3) is 7.11. The van der Waals surface area contributed by atoms with Crippen molar-refractivity contribution >= 4 is 17.1 Å². The first-order valence-electron chi connectivity index (χ1n) is 28.7. The summed E-state index contributed by atoms with van der Waals surface area (Å²) in [5, 5.41) is 0. The van der Waals surface area contributed by atoms with Crippen LogP contribution in [-0.2, 0) is 37.9 Å². The SMILES string of the molecule is CC(C)(C)c1cc(-c2cccc3c2-c2ccccc2C32c3cc(C(C)(C)C)ccc3-c3c(N(c4ccc5c(c4)C(C)(C)c4ccccc4-5)c4ccc5c(c4)C(C)(C)c4ccccc4-5)cc(C(C)(C)C)cc32)cc(C(C)(C)C)c1. The van der Waals surface area contributed by atoms with Crippen LogP contribution in [0.4, 0.5) is 17.1 Å².